The summed E-state index contributed by atoms with van der Waals surface area (Å²) in [6, 6.07) is 0. The van der Waals surface area contributed by atoms with Crippen molar-refractivity contribution < 1.29 is 14.6 Å². The number of ether oxygens (including phenoxy) is 1. The lowest BCUT2D eigenvalue weighted by Crippen LogP contribution is -1.96. The molecule has 0 aliphatic carbocycles. The molecule has 0 aromatic heterocycles. The molecule has 0 rings (SSSR count). The van der Waals surface area contributed by atoms with Gasteiger partial charge in [-0.05, 0) is 13.8 Å². The van der Waals surface area contributed by atoms with Crippen LogP contribution in [0.3, 0.4) is 0 Å². The lowest BCUT2D eigenvalue weighted by atomic mass is 10.3. The van der Waals surface area contributed by atoms with Crippen molar-refractivity contribution in [3.63, 3.8) is 0 Å². The molecule has 0 aromatic carbocycles. The summed E-state index contributed by atoms with van der Waals surface area (Å²) in [5, 5.41) is 8.26. The number of carboxylic acids is 1. The van der Waals surface area contributed by atoms with Gasteiger partial charge >= 0.3 is 5.97 Å². The molecule has 4 nitrogen and oxygen atoms in total. The van der Waals surface area contributed by atoms with Gasteiger partial charge in [-0.3, -0.25) is 0 Å². The number of rotatable bonds is 3. The van der Waals surface area contributed by atoms with E-state index in [0.717, 1.165) is 0 Å². The van der Waals surface area contributed by atoms with E-state index in [1.807, 2.05) is 0 Å². The van der Waals surface area contributed by atoms with Gasteiger partial charge in [-0.25, -0.2) is 4.79 Å². The van der Waals surface area contributed by atoms with Crippen LogP contribution in [-0.4, -0.2) is 17.7 Å². The second kappa shape index (κ2) is 6.10. The molecule has 0 unspecified atom stereocenters. The van der Waals surface area contributed by atoms with Gasteiger partial charge in [-0.2, -0.15) is 0 Å². The Morgan fingerprint density at radius 2 is 2.20 bits per heavy atom. The molecule has 0 heterocycles. The first-order chi connectivity index (χ1) is 4.18. The SMILES string of the molecule is CCOC=C(C)C(=O)O.N. The maximum atomic E-state index is 10.1. The van der Waals surface area contributed by atoms with Crippen LogP contribution < -0.4 is 6.15 Å². The van der Waals surface area contributed by atoms with Gasteiger partial charge in [0.05, 0.1) is 18.4 Å². The Bertz CT molecular complexity index is 131. The molecular formula is C6H13NO3. The second-order valence-corrected chi connectivity index (χ2v) is 1.56. The zero-order valence-corrected chi connectivity index (χ0v) is 6.26. The molecule has 60 valence electrons. The summed E-state index contributed by atoms with van der Waals surface area (Å²) in [5.74, 6) is -0.941. The molecule has 0 atom stereocenters. The standard InChI is InChI=1S/C6H10O3.H3N/c1-3-9-4-5(2)6(7)8;/h4H,3H2,1-2H3,(H,7,8);1H3. The average Bonchev–Trinajstić information content (AvgIpc) is 1.82. The van der Waals surface area contributed by atoms with E-state index < -0.39 is 5.97 Å². The minimum absolute atomic E-state index is 0. The molecule has 0 aromatic rings. The summed E-state index contributed by atoms with van der Waals surface area (Å²) in [4.78, 5) is 10.1. The maximum Gasteiger partial charge on any atom is 0.334 e. The first-order valence-electron chi connectivity index (χ1n) is 2.70. The summed E-state index contributed by atoms with van der Waals surface area (Å²) in [5.41, 5.74) is 0.219. The van der Waals surface area contributed by atoms with Gasteiger partial charge in [0.1, 0.15) is 0 Å². The van der Waals surface area contributed by atoms with Crippen LogP contribution in [0.1, 0.15) is 13.8 Å². The van der Waals surface area contributed by atoms with E-state index in [1.54, 1.807) is 6.92 Å². The zero-order chi connectivity index (χ0) is 7.28. The van der Waals surface area contributed by atoms with Crippen molar-refractivity contribution in [1.82, 2.24) is 6.15 Å². The Labute approximate surface area is 60.1 Å². The molecule has 0 amide bonds. The van der Waals surface area contributed by atoms with Crippen molar-refractivity contribution in [3.8, 4) is 0 Å². The number of aliphatic carboxylic acids is 1. The van der Waals surface area contributed by atoms with Gasteiger partial charge in [-0.1, -0.05) is 0 Å². The third-order valence-corrected chi connectivity index (χ3v) is 0.764. The summed E-state index contributed by atoms with van der Waals surface area (Å²) in [6.45, 7) is 3.79. The largest absolute Gasteiger partial charge is 0.501 e. The lowest BCUT2D eigenvalue weighted by Gasteiger charge is -1.93. The molecule has 10 heavy (non-hydrogen) atoms. The molecule has 0 bridgehead atoms. The predicted molar refractivity (Wildman–Crippen MR) is 38.0 cm³/mol. The third-order valence-electron chi connectivity index (χ3n) is 0.764. The van der Waals surface area contributed by atoms with Gasteiger partial charge in [0, 0.05) is 0 Å². The lowest BCUT2D eigenvalue weighted by molar-refractivity contribution is -0.132. The molecule has 0 fully saturated rings. The fraction of sp³-hybridized carbons (Fsp3) is 0.500. The van der Waals surface area contributed by atoms with E-state index in [4.69, 9.17) is 9.84 Å². The Morgan fingerprint density at radius 1 is 1.70 bits per heavy atom. The van der Waals surface area contributed by atoms with Gasteiger partial charge in [0.2, 0.25) is 0 Å². The van der Waals surface area contributed by atoms with Crippen molar-refractivity contribution in [3.05, 3.63) is 11.8 Å². The van der Waals surface area contributed by atoms with E-state index in [9.17, 15) is 4.79 Å². The van der Waals surface area contributed by atoms with Crippen molar-refractivity contribution in [2.45, 2.75) is 13.8 Å². The van der Waals surface area contributed by atoms with Gasteiger partial charge < -0.3 is 16.0 Å². The van der Waals surface area contributed by atoms with Crippen molar-refractivity contribution >= 4 is 5.97 Å². The fourth-order valence-electron chi connectivity index (χ4n) is 0.259. The van der Waals surface area contributed by atoms with E-state index in [2.05, 4.69) is 0 Å². The van der Waals surface area contributed by atoms with E-state index in [-0.39, 0.29) is 11.7 Å². The fourth-order valence-corrected chi connectivity index (χ4v) is 0.259. The Balaban J connectivity index is 0. The highest BCUT2D eigenvalue weighted by atomic mass is 16.5. The van der Waals surface area contributed by atoms with Crippen LogP contribution in [0.5, 0.6) is 0 Å². The van der Waals surface area contributed by atoms with Gasteiger partial charge in [-0.15, -0.1) is 0 Å². The first-order valence-corrected chi connectivity index (χ1v) is 2.70. The number of hydrogen-bond donors (Lipinski definition) is 2. The Morgan fingerprint density at radius 3 is 2.50 bits per heavy atom. The van der Waals surface area contributed by atoms with Crippen LogP contribution in [0.15, 0.2) is 11.8 Å². The molecule has 0 radical (unpaired) electrons. The smallest absolute Gasteiger partial charge is 0.334 e. The summed E-state index contributed by atoms with van der Waals surface area (Å²) >= 11 is 0. The minimum Gasteiger partial charge on any atom is -0.501 e. The molecular weight excluding hydrogens is 134 g/mol. The number of carboxylic acid groups (broad SMARTS) is 1. The summed E-state index contributed by atoms with van der Waals surface area (Å²) < 4.78 is 4.71. The molecule has 4 N–H and O–H groups in total. The number of carbonyl (C=O) groups is 1. The van der Waals surface area contributed by atoms with E-state index in [1.165, 1.54) is 13.2 Å². The van der Waals surface area contributed by atoms with Crippen LogP contribution in [0, 0.1) is 0 Å². The molecule has 0 saturated heterocycles. The molecule has 0 spiro atoms. The first kappa shape index (κ1) is 11.7. The van der Waals surface area contributed by atoms with Crippen LogP contribution >= 0.6 is 0 Å². The molecule has 0 saturated carbocycles. The second-order valence-electron chi connectivity index (χ2n) is 1.56. The highest BCUT2D eigenvalue weighted by Gasteiger charge is 1.97. The van der Waals surface area contributed by atoms with Gasteiger partial charge in [0.25, 0.3) is 0 Å². The topological polar surface area (TPSA) is 81.5 Å². The normalized spacial score (nSPS) is 10.0. The molecule has 4 heteroatoms. The van der Waals surface area contributed by atoms with Crippen LogP contribution in [0.4, 0.5) is 0 Å². The highest BCUT2D eigenvalue weighted by molar-refractivity contribution is 5.85. The Kier molecular flexibility index (Phi) is 7.15. The quantitative estimate of drug-likeness (QED) is 0.463. The van der Waals surface area contributed by atoms with Crippen molar-refractivity contribution in [2.75, 3.05) is 6.61 Å². The zero-order valence-electron chi connectivity index (χ0n) is 6.26. The van der Waals surface area contributed by atoms with Crippen LogP contribution in [0.25, 0.3) is 0 Å². The highest BCUT2D eigenvalue weighted by Crippen LogP contribution is 1.91. The summed E-state index contributed by atoms with van der Waals surface area (Å²) in [7, 11) is 0. The molecule has 0 aliphatic heterocycles. The summed E-state index contributed by atoms with van der Waals surface area (Å²) in [6.07, 6.45) is 1.24. The maximum absolute atomic E-state index is 10.1. The third kappa shape index (κ3) is 5.11. The number of hydrogen-bond acceptors (Lipinski definition) is 3. The van der Waals surface area contributed by atoms with E-state index in [0.29, 0.717) is 6.61 Å². The van der Waals surface area contributed by atoms with Crippen LogP contribution in [0.2, 0.25) is 0 Å². The molecule has 0 aliphatic rings. The van der Waals surface area contributed by atoms with Gasteiger partial charge in [0.15, 0.2) is 0 Å². The van der Waals surface area contributed by atoms with Crippen LogP contribution in [-0.2, 0) is 9.53 Å². The monoisotopic (exact) mass is 147 g/mol. The van der Waals surface area contributed by atoms with Crippen molar-refractivity contribution in [1.29, 1.82) is 0 Å². The minimum atomic E-state index is -0.941. The van der Waals surface area contributed by atoms with E-state index >= 15 is 0 Å². The van der Waals surface area contributed by atoms with Crippen molar-refractivity contribution in [2.24, 2.45) is 0 Å². The predicted octanol–water partition coefficient (Wildman–Crippen LogP) is 1.17. The average molecular weight is 147 g/mol. The Hall–Kier alpha value is -1.03.